The van der Waals surface area contributed by atoms with Gasteiger partial charge in [0.2, 0.25) is 0 Å². The lowest BCUT2D eigenvalue weighted by Gasteiger charge is -2.19. The molecule has 0 aliphatic rings. The van der Waals surface area contributed by atoms with Gasteiger partial charge in [0, 0.05) is 16.2 Å². The first-order valence-corrected chi connectivity index (χ1v) is 9.02. The quantitative estimate of drug-likeness (QED) is 0.550. The first kappa shape index (κ1) is 14.9. The largest absolute Gasteiger partial charge is 0.376 e. The van der Waals surface area contributed by atoms with Crippen molar-refractivity contribution < 1.29 is 0 Å². The summed E-state index contributed by atoms with van der Waals surface area (Å²) in [6.45, 7) is 0. The van der Waals surface area contributed by atoms with Crippen molar-refractivity contribution in [3.05, 3.63) is 73.0 Å². The molecule has 1 aromatic carbocycles. The molecule has 0 fully saturated rings. The van der Waals surface area contributed by atoms with Gasteiger partial charge in [-0.1, -0.05) is 41.4 Å². The fourth-order valence-corrected chi connectivity index (χ4v) is 4.03. The third-order valence-electron chi connectivity index (χ3n) is 3.15. The maximum Gasteiger partial charge on any atom is 0.0823 e. The molecule has 1 N–H and O–H groups in total. The zero-order valence-electron chi connectivity index (χ0n) is 11.1. The standard InChI is InChI=1S/C16H13Cl2NS2/c17-12-5-1-6-13(16(12)18)19-14(15-7-3-9-21-15)10-11-4-2-8-20-11/h1-9,14,19H,10H2. The summed E-state index contributed by atoms with van der Waals surface area (Å²) in [6.07, 6.45) is 0.932. The molecule has 0 bridgehead atoms. The molecule has 3 aromatic rings. The van der Waals surface area contributed by atoms with Crippen LogP contribution in [0, 0.1) is 0 Å². The lowest BCUT2D eigenvalue weighted by atomic mass is 10.1. The molecule has 5 heteroatoms. The summed E-state index contributed by atoms with van der Waals surface area (Å²) in [7, 11) is 0. The molecule has 0 radical (unpaired) electrons. The predicted octanol–water partition coefficient (Wildman–Crippen LogP) is 6.51. The monoisotopic (exact) mass is 353 g/mol. The summed E-state index contributed by atoms with van der Waals surface area (Å²) < 4.78 is 0. The number of anilines is 1. The Bertz CT molecular complexity index is 693. The van der Waals surface area contributed by atoms with Crippen molar-refractivity contribution in [2.45, 2.75) is 12.5 Å². The zero-order valence-corrected chi connectivity index (χ0v) is 14.2. The molecule has 0 spiro atoms. The molecule has 3 rings (SSSR count). The molecule has 0 saturated heterocycles. The van der Waals surface area contributed by atoms with E-state index in [-0.39, 0.29) is 6.04 Å². The van der Waals surface area contributed by atoms with Crippen molar-refractivity contribution in [3.8, 4) is 0 Å². The summed E-state index contributed by atoms with van der Waals surface area (Å²) in [5.74, 6) is 0. The Morgan fingerprint density at radius 1 is 0.952 bits per heavy atom. The Morgan fingerprint density at radius 2 is 1.76 bits per heavy atom. The summed E-state index contributed by atoms with van der Waals surface area (Å²) >= 11 is 15.9. The number of nitrogens with one attached hydrogen (secondary N) is 1. The molecule has 0 aliphatic carbocycles. The van der Waals surface area contributed by atoms with Gasteiger partial charge < -0.3 is 5.32 Å². The van der Waals surface area contributed by atoms with Gasteiger partial charge in [0.05, 0.1) is 21.8 Å². The Balaban J connectivity index is 1.87. The second kappa shape index (κ2) is 6.84. The average Bonchev–Trinajstić information content (AvgIpc) is 3.16. The van der Waals surface area contributed by atoms with Crippen LogP contribution in [0.15, 0.2) is 53.2 Å². The van der Waals surface area contributed by atoms with E-state index >= 15 is 0 Å². The number of hydrogen-bond acceptors (Lipinski definition) is 3. The van der Waals surface area contributed by atoms with Crippen LogP contribution in [-0.4, -0.2) is 0 Å². The van der Waals surface area contributed by atoms with Crippen LogP contribution in [-0.2, 0) is 6.42 Å². The second-order valence-electron chi connectivity index (χ2n) is 4.60. The highest BCUT2D eigenvalue weighted by Crippen LogP contribution is 2.34. The SMILES string of the molecule is Clc1cccc(NC(Cc2cccs2)c2cccs2)c1Cl. The number of benzene rings is 1. The van der Waals surface area contributed by atoms with Gasteiger partial charge in [0.15, 0.2) is 0 Å². The van der Waals surface area contributed by atoms with E-state index in [4.69, 9.17) is 23.2 Å². The van der Waals surface area contributed by atoms with Gasteiger partial charge in [0.1, 0.15) is 0 Å². The number of thiophene rings is 2. The van der Waals surface area contributed by atoms with E-state index in [1.807, 2.05) is 12.1 Å². The minimum absolute atomic E-state index is 0.194. The van der Waals surface area contributed by atoms with Crippen LogP contribution in [0.2, 0.25) is 10.0 Å². The molecule has 2 aromatic heterocycles. The van der Waals surface area contributed by atoms with Crippen molar-refractivity contribution in [1.29, 1.82) is 0 Å². The van der Waals surface area contributed by atoms with Gasteiger partial charge in [0.25, 0.3) is 0 Å². The van der Waals surface area contributed by atoms with E-state index in [1.54, 1.807) is 28.7 Å². The topological polar surface area (TPSA) is 12.0 Å². The summed E-state index contributed by atoms with van der Waals surface area (Å²) in [5, 5.41) is 8.88. The maximum atomic E-state index is 6.29. The molecule has 2 heterocycles. The van der Waals surface area contributed by atoms with Crippen molar-refractivity contribution in [2.24, 2.45) is 0 Å². The summed E-state index contributed by atoms with van der Waals surface area (Å²) in [5.41, 5.74) is 0.874. The van der Waals surface area contributed by atoms with Crippen LogP contribution >= 0.6 is 45.9 Å². The molecular formula is C16H13Cl2NS2. The lowest BCUT2D eigenvalue weighted by Crippen LogP contribution is -2.12. The average molecular weight is 354 g/mol. The Kier molecular flexibility index (Phi) is 4.86. The molecule has 0 amide bonds. The highest BCUT2D eigenvalue weighted by atomic mass is 35.5. The van der Waals surface area contributed by atoms with Crippen LogP contribution in [0.25, 0.3) is 0 Å². The number of rotatable bonds is 5. The predicted molar refractivity (Wildman–Crippen MR) is 95.2 cm³/mol. The van der Waals surface area contributed by atoms with Crippen molar-refractivity contribution in [1.82, 2.24) is 0 Å². The van der Waals surface area contributed by atoms with Crippen LogP contribution in [0.4, 0.5) is 5.69 Å². The summed E-state index contributed by atoms with van der Waals surface area (Å²) in [4.78, 5) is 2.64. The Morgan fingerprint density at radius 3 is 2.48 bits per heavy atom. The smallest absolute Gasteiger partial charge is 0.0823 e. The van der Waals surface area contributed by atoms with E-state index < -0.39 is 0 Å². The first-order valence-electron chi connectivity index (χ1n) is 6.50. The van der Waals surface area contributed by atoms with Gasteiger partial charge in [-0.15, -0.1) is 22.7 Å². The minimum atomic E-state index is 0.194. The normalized spacial score (nSPS) is 12.3. The molecule has 1 unspecified atom stereocenters. The fourth-order valence-electron chi connectivity index (χ4n) is 2.15. The summed E-state index contributed by atoms with van der Waals surface area (Å²) in [6, 6.07) is 14.3. The molecule has 21 heavy (non-hydrogen) atoms. The molecule has 1 nitrogen and oxygen atoms in total. The zero-order chi connectivity index (χ0) is 14.7. The highest BCUT2D eigenvalue weighted by Gasteiger charge is 2.16. The van der Waals surface area contributed by atoms with Crippen molar-refractivity contribution in [3.63, 3.8) is 0 Å². The van der Waals surface area contributed by atoms with Crippen LogP contribution in [0.5, 0.6) is 0 Å². The molecular weight excluding hydrogens is 341 g/mol. The molecule has 0 aliphatic heterocycles. The van der Waals surface area contributed by atoms with E-state index in [0.717, 1.165) is 12.1 Å². The molecule has 0 saturated carbocycles. The second-order valence-corrected chi connectivity index (χ2v) is 7.39. The van der Waals surface area contributed by atoms with Gasteiger partial charge in [-0.25, -0.2) is 0 Å². The van der Waals surface area contributed by atoms with E-state index in [9.17, 15) is 0 Å². The van der Waals surface area contributed by atoms with Crippen LogP contribution in [0.3, 0.4) is 0 Å². The van der Waals surface area contributed by atoms with Gasteiger partial charge in [-0.2, -0.15) is 0 Å². The van der Waals surface area contributed by atoms with Crippen molar-refractivity contribution in [2.75, 3.05) is 5.32 Å². The Hall–Kier alpha value is -1.00. The third kappa shape index (κ3) is 3.61. The molecule has 108 valence electrons. The Labute approximate surface area is 142 Å². The third-order valence-corrected chi connectivity index (χ3v) is 5.86. The van der Waals surface area contributed by atoms with Crippen molar-refractivity contribution >= 4 is 51.6 Å². The first-order chi connectivity index (χ1) is 10.2. The lowest BCUT2D eigenvalue weighted by molar-refractivity contribution is 0.802. The molecule has 1 atom stereocenters. The number of hydrogen-bond donors (Lipinski definition) is 1. The van der Waals surface area contributed by atoms with Gasteiger partial charge in [-0.05, 0) is 35.0 Å². The number of halogens is 2. The van der Waals surface area contributed by atoms with E-state index in [1.165, 1.54) is 9.75 Å². The fraction of sp³-hybridized carbons (Fsp3) is 0.125. The maximum absolute atomic E-state index is 6.29. The van der Waals surface area contributed by atoms with Crippen LogP contribution in [0.1, 0.15) is 15.8 Å². The van der Waals surface area contributed by atoms with E-state index in [0.29, 0.717) is 10.0 Å². The van der Waals surface area contributed by atoms with Gasteiger partial charge in [-0.3, -0.25) is 0 Å². The highest BCUT2D eigenvalue weighted by molar-refractivity contribution is 7.10. The minimum Gasteiger partial charge on any atom is -0.376 e. The van der Waals surface area contributed by atoms with E-state index in [2.05, 4.69) is 40.3 Å². The van der Waals surface area contributed by atoms with Gasteiger partial charge >= 0.3 is 0 Å². The van der Waals surface area contributed by atoms with Crippen LogP contribution < -0.4 is 5.32 Å².